The molecular weight excluding hydrogens is 269 g/mol. The quantitative estimate of drug-likeness (QED) is 0.832. The second kappa shape index (κ2) is 4.14. The summed E-state index contributed by atoms with van der Waals surface area (Å²) in [6.45, 7) is 1.91. The molecule has 2 aliphatic rings. The van der Waals surface area contributed by atoms with Crippen LogP contribution < -0.4 is 10.6 Å². The van der Waals surface area contributed by atoms with Crippen molar-refractivity contribution in [1.29, 1.82) is 0 Å². The molecule has 1 heterocycles. The van der Waals surface area contributed by atoms with E-state index in [1.165, 1.54) is 0 Å². The minimum atomic E-state index is -4.85. The number of benzene rings is 1. The molecule has 1 fully saturated rings. The maximum absolute atomic E-state index is 12.5. The Kier molecular flexibility index (Phi) is 2.74. The zero-order valence-corrected chi connectivity index (χ0v) is 11.0. The van der Waals surface area contributed by atoms with Gasteiger partial charge in [0.2, 0.25) is 0 Å². The van der Waals surface area contributed by atoms with Crippen LogP contribution in [0.5, 0.6) is 0 Å². The molecule has 0 bridgehead atoms. The topological polar surface area (TPSA) is 41.1 Å². The third kappa shape index (κ3) is 1.85. The normalized spacial score (nSPS) is 27.7. The molecule has 0 saturated heterocycles. The van der Waals surface area contributed by atoms with Crippen LogP contribution in [0.25, 0.3) is 0 Å². The second-order valence-electron chi connectivity index (χ2n) is 5.53. The number of hydrogen-bond donors (Lipinski definition) is 2. The standard InChI is InChI=1S/C14H15F3N2O/c1-8-4-2-5-9-10-6-3-7-13(10,18-11(8)9)19-12(20)14(15,16)17/h2,4-5,10,18H,3,6-7H2,1H3,(H,19,20)/t10-,13+/m0/s1. The van der Waals surface area contributed by atoms with Crippen LogP contribution in [0.1, 0.15) is 36.3 Å². The van der Waals surface area contributed by atoms with Crippen LogP contribution in [-0.4, -0.2) is 17.7 Å². The Morgan fingerprint density at radius 3 is 2.90 bits per heavy atom. The summed E-state index contributed by atoms with van der Waals surface area (Å²) in [7, 11) is 0. The predicted molar refractivity (Wildman–Crippen MR) is 68.3 cm³/mol. The van der Waals surface area contributed by atoms with E-state index in [1.54, 1.807) is 0 Å². The van der Waals surface area contributed by atoms with Gasteiger partial charge in [-0.3, -0.25) is 4.79 Å². The van der Waals surface area contributed by atoms with E-state index in [9.17, 15) is 18.0 Å². The molecular formula is C14H15F3N2O. The monoisotopic (exact) mass is 284 g/mol. The number of halogens is 3. The first-order valence-corrected chi connectivity index (χ1v) is 6.60. The maximum Gasteiger partial charge on any atom is 0.471 e. The molecule has 1 aromatic carbocycles. The summed E-state index contributed by atoms with van der Waals surface area (Å²) in [6.07, 6.45) is -2.77. The van der Waals surface area contributed by atoms with Gasteiger partial charge in [0, 0.05) is 11.6 Å². The van der Waals surface area contributed by atoms with E-state index in [-0.39, 0.29) is 5.92 Å². The van der Waals surface area contributed by atoms with Gasteiger partial charge in [0.05, 0.1) is 0 Å². The molecule has 6 heteroatoms. The Labute approximate surface area is 114 Å². The highest BCUT2D eigenvalue weighted by atomic mass is 19.4. The highest BCUT2D eigenvalue weighted by Crippen LogP contribution is 2.52. The first-order valence-electron chi connectivity index (χ1n) is 6.60. The summed E-state index contributed by atoms with van der Waals surface area (Å²) < 4.78 is 37.6. The number of alkyl halides is 3. The lowest BCUT2D eigenvalue weighted by Crippen LogP contribution is -2.56. The van der Waals surface area contributed by atoms with Crippen molar-refractivity contribution in [2.45, 2.75) is 43.9 Å². The number of fused-ring (bicyclic) bond motifs is 3. The summed E-state index contributed by atoms with van der Waals surface area (Å²) in [6, 6.07) is 5.73. The van der Waals surface area contributed by atoms with Gasteiger partial charge in [0.15, 0.2) is 0 Å². The fourth-order valence-electron chi connectivity index (χ4n) is 3.41. The van der Waals surface area contributed by atoms with Crippen molar-refractivity contribution in [2.24, 2.45) is 0 Å². The largest absolute Gasteiger partial charge is 0.471 e. The Bertz CT molecular complexity index is 570. The highest BCUT2D eigenvalue weighted by Gasteiger charge is 2.53. The molecule has 1 aliphatic heterocycles. The van der Waals surface area contributed by atoms with Crippen LogP contribution in [-0.2, 0) is 4.79 Å². The molecule has 1 aliphatic carbocycles. The number of carbonyl (C=O) groups is 1. The summed E-state index contributed by atoms with van der Waals surface area (Å²) in [5.41, 5.74) is 1.86. The van der Waals surface area contributed by atoms with E-state index >= 15 is 0 Å². The summed E-state index contributed by atoms with van der Waals surface area (Å²) >= 11 is 0. The Balaban J connectivity index is 1.95. The Hall–Kier alpha value is -1.72. The number of para-hydroxylation sites is 1. The number of anilines is 1. The van der Waals surface area contributed by atoms with Crippen LogP contribution in [0.3, 0.4) is 0 Å². The molecule has 0 aromatic heterocycles. The molecule has 1 saturated carbocycles. The van der Waals surface area contributed by atoms with Crippen molar-refractivity contribution in [3.8, 4) is 0 Å². The summed E-state index contributed by atoms with van der Waals surface area (Å²) in [5.74, 6) is -1.97. The molecule has 2 atom stereocenters. The van der Waals surface area contributed by atoms with Crippen molar-refractivity contribution in [3.63, 3.8) is 0 Å². The number of amides is 1. The first kappa shape index (κ1) is 13.3. The van der Waals surface area contributed by atoms with E-state index < -0.39 is 17.7 Å². The van der Waals surface area contributed by atoms with Gasteiger partial charge in [0.1, 0.15) is 5.66 Å². The molecule has 2 N–H and O–H groups in total. The molecule has 3 rings (SSSR count). The van der Waals surface area contributed by atoms with Crippen molar-refractivity contribution in [3.05, 3.63) is 29.3 Å². The Morgan fingerprint density at radius 1 is 1.45 bits per heavy atom. The van der Waals surface area contributed by atoms with E-state index in [1.807, 2.05) is 25.1 Å². The molecule has 0 unspecified atom stereocenters. The van der Waals surface area contributed by atoms with Crippen LogP contribution in [0, 0.1) is 6.92 Å². The fourth-order valence-corrected chi connectivity index (χ4v) is 3.41. The SMILES string of the molecule is Cc1cccc2c1N[C@@]1(NC(=O)C(F)(F)F)CCC[C@@H]21. The third-order valence-electron chi connectivity index (χ3n) is 4.28. The summed E-state index contributed by atoms with van der Waals surface area (Å²) in [5, 5.41) is 5.34. The second-order valence-corrected chi connectivity index (χ2v) is 5.53. The number of aryl methyl sites for hydroxylation is 1. The third-order valence-corrected chi connectivity index (χ3v) is 4.28. The Morgan fingerprint density at radius 2 is 2.20 bits per heavy atom. The smallest absolute Gasteiger partial charge is 0.362 e. The van der Waals surface area contributed by atoms with Crippen molar-refractivity contribution >= 4 is 11.6 Å². The maximum atomic E-state index is 12.5. The van der Waals surface area contributed by atoms with Gasteiger partial charge in [-0.1, -0.05) is 18.2 Å². The zero-order chi connectivity index (χ0) is 14.5. The van der Waals surface area contributed by atoms with Gasteiger partial charge in [-0.05, 0) is 37.3 Å². The van der Waals surface area contributed by atoms with Gasteiger partial charge < -0.3 is 10.6 Å². The van der Waals surface area contributed by atoms with Gasteiger partial charge in [-0.2, -0.15) is 13.2 Å². The number of carbonyl (C=O) groups excluding carboxylic acids is 1. The fraction of sp³-hybridized carbons (Fsp3) is 0.500. The molecule has 20 heavy (non-hydrogen) atoms. The van der Waals surface area contributed by atoms with E-state index in [4.69, 9.17) is 0 Å². The van der Waals surface area contributed by atoms with E-state index in [0.29, 0.717) is 6.42 Å². The lowest BCUT2D eigenvalue weighted by atomic mass is 9.92. The molecule has 1 aromatic rings. The van der Waals surface area contributed by atoms with Crippen LogP contribution in [0.2, 0.25) is 0 Å². The van der Waals surface area contributed by atoms with Gasteiger partial charge in [-0.25, -0.2) is 0 Å². The minimum Gasteiger partial charge on any atom is -0.362 e. The summed E-state index contributed by atoms with van der Waals surface area (Å²) in [4.78, 5) is 11.3. The first-order chi connectivity index (χ1) is 9.33. The van der Waals surface area contributed by atoms with Crippen molar-refractivity contribution < 1.29 is 18.0 Å². The number of nitrogens with one attached hydrogen (secondary N) is 2. The highest BCUT2D eigenvalue weighted by molar-refractivity contribution is 5.84. The van der Waals surface area contributed by atoms with Crippen LogP contribution in [0.15, 0.2) is 18.2 Å². The molecule has 3 nitrogen and oxygen atoms in total. The lowest BCUT2D eigenvalue weighted by molar-refractivity contribution is -0.175. The van der Waals surface area contributed by atoms with Crippen molar-refractivity contribution in [1.82, 2.24) is 5.32 Å². The molecule has 0 spiro atoms. The molecule has 108 valence electrons. The van der Waals surface area contributed by atoms with Gasteiger partial charge in [0.25, 0.3) is 0 Å². The van der Waals surface area contributed by atoms with Crippen LogP contribution >= 0.6 is 0 Å². The van der Waals surface area contributed by atoms with Gasteiger partial charge in [-0.15, -0.1) is 0 Å². The zero-order valence-electron chi connectivity index (χ0n) is 11.0. The minimum absolute atomic E-state index is 0.0938. The predicted octanol–water partition coefficient (Wildman–Crippen LogP) is 3.06. The molecule has 1 amide bonds. The van der Waals surface area contributed by atoms with Gasteiger partial charge >= 0.3 is 12.1 Å². The van der Waals surface area contributed by atoms with Crippen LogP contribution in [0.4, 0.5) is 18.9 Å². The number of hydrogen-bond acceptors (Lipinski definition) is 2. The average Bonchev–Trinajstić information content (AvgIpc) is 2.85. The van der Waals surface area contributed by atoms with E-state index in [2.05, 4.69) is 10.6 Å². The van der Waals surface area contributed by atoms with Crippen molar-refractivity contribution in [2.75, 3.05) is 5.32 Å². The lowest BCUT2D eigenvalue weighted by Gasteiger charge is -2.32. The number of rotatable bonds is 1. The average molecular weight is 284 g/mol. The molecule has 0 radical (unpaired) electrons. The van der Waals surface area contributed by atoms with E-state index in [0.717, 1.165) is 29.7 Å².